The van der Waals surface area contributed by atoms with Gasteiger partial charge < -0.3 is 9.47 Å². The zero-order valence-corrected chi connectivity index (χ0v) is 19.9. The summed E-state index contributed by atoms with van der Waals surface area (Å²) in [6, 6.07) is 3.24. The van der Waals surface area contributed by atoms with Gasteiger partial charge in [0.2, 0.25) is 5.91 Å². The van der Waals surface area contributed by atoms with Gasteiger partial charge in [-0.3, -0.25) is 9.78 Å². The van der Waals surface area contributed by atoms with Crippen LogP contribution in [-0.2, 0) is 23.7 Å². The summed E-state index contributed by atoms with van der Waals surface area (Å²) in [5.41, 5.74) is -0.879. The Labute approximate surface area is 210 Å². The van der Waals surface area contributed by atoms with Gasteiger partial charge in [0.05, 0.1) is 40.4 Å². The van der Waals surface area contributed by atoms with Gasteiger partial charge in [0.25, 0.3) is 0 Å². The van der Waals surface area contributed by atoms with E-state index in [1.165, 1.54) is 0 Å². The van der Waals surface area contributed by atoms with Crippen molar-refractivity contribution in [2.45, 2.75) is 37.7 Å². The van der Waals surface area contributed by atoms with E-state index in [1.54, 1.807) is 39.6 Å². The van der Waals surface area contributed by atoms with E-state index in [2.05, 4.69) is 15.0 Å². The second kappa shape index (κ2) is 9.43. The third-order valence-electron chi connectivity index (χ3n) is 6.35. The lowest BCUT2D eigenvalue weighted by molar-refractivity contribution is -0.143. The molecule has 1 saturated heterocycles. The molecule has 1 aromatic carbocycles. The number of halogens is 6. The highest BCUT2D eigenvalue weighted by Gasteiger charge is 2.37. The summed E-state index contributed by atoms with van der Waals surface area (Å²) in [6.45, 7) is 1.04. The molecule has 0 bridgehead atoms. The fraction of sp³-hybridized carbons (Fsp3) is 0.333. The number of carbonyl (C=O) groups excluding carboxylic acids is 1. The van der Waals surface area contributed by atoms with E-state index in [0.29, 0.717) is 43.8 Å². The number of alkyl halides is 6. The van der Waals surface area contributed by atoms with Crippen LogP contribution in [-0.4, -0.2) is 43.4 Å². The van der Waals surface area contributed by atoms with Crippen LogP contribution in [0, 0.1) is 0 Å². The standard InChI is InChI=1S/C24H19F6N5OS/c25-23(26,27)16-7-15(8-17(9-16)24(28,29)30)22-33-19(12-37-22)14-2-5-34(6-3-14)21(36)11-35-13-32-18-1-4-31-10-20(18)35/h1,4,7-10,12-14H,2-3,5-6,11H2. The first-order valence-electron chi connectivity index (χ1n) is 11.3. The number of piperidine rings is 1. The van der Waals surface area contributed by atoms with Crippen LogP contribution in [0.2, 0.25) is 0 Å². The number of aromatic nitrogens is 4. The summed E-state index contributed by atoms with van der Waals surface area (Å²) in [5, 5.41) is 1.75. The number of imidazole rings is 1. The highest BCUT2D eigenvalue weighted by atomic mass is 32.1. The van der Waals surface area contributed by atoms with Gasteiger partial charge in [-0.1, -0.05) is 0 Å². The number of hydrogen-bond acceptors (Lipinski definition) is 5. The van der Waals surface area contributed by atoms with Crippen molar-refractivity contribution in [3.8, 4) is 10.6 Å². The smallest absolute Gasteiger partial charge is 0.341 e. The number of thiazole rings is 1. The Balaban J connectivity index is 1.27. The monoisotopic (exact) mass is 539 g/mol. The topological polar surface area (TPSA) is 63.9 Å². The van der Waals surface area contributed by atoms with Crippen LogP contribution >= 0.6 is 11.3 Å². The lowest BCUT2D eigenvalue weighted by atomic mass is 9.94. The fourth-order valence-electron chi connectivity index (χ4n) is 4.38. The summed E-state index contributed by atoms with van der Waals surface area (Å²) in [7, 11) is 0. The van der Waals surface area contributed by atoms with Crippen LogP contribution in [0.5, 0.6) is 0 Å². The maximum atomic E-state index is 13.2. The molecule has 6 nitrogen and oxygen atoms in total. The van der Waals surface area contributed by atoms with Crippen LogP contribution in [0.3, 0.4) is 0 Å². The molecule has 0 saturated carbocycles. The molecule has 0 aliphatic carbocycles. The molecule has 4 heterocycles. The van der Waals surface area contributed by atoms with Gasteiger partial charge in [-0.05, 0) is 37.1 Å². The van der Waals surface area contributed by atoms with Crippen molar-refractivity contribution in [2.75, 3.05) is 13.1 Å². The lowest BCUT2D eigenvalue weighted by Gasteiger charge is -2.31. The first-order valence-corrected chi connectivity index (χ1v) is 12.1. The minimum Gasteiger partial charge on any atom is -0.341 e. The highest BCUT2D eigenvalue weighted by Crippen LogP contribution is 2.40. The number of likely N-dealkylation sites (tertiary alicyclic amines) is 1. The van der Waals surface area contributed by atoms with Gasteiger partial charge in [0, 0.05) is 36.1 Å². The van der Waals surface area contributed by atoms with Gasteiger partial charge in [-0.2, -0.15) is 26.3 Å². The van der Waals surface area contributed by atoms with Crippen molar-refractivity contribution in [2.24, 2.45) is 0 Å². The first-order chi connectivity index (χ1) is 17.5. The third-order valence-corrected chi connectivity index (χ3v) is 7.26. The van der Waals surface area contributed by atoms with Gasteiger partial charge in [0.15, 0.2) is 0 Å². The lowest BCUT2D eigenvalue weighted by Crippen LogP contribution is -2.39. The largest absolute Gasteiger partial charge is 0.416 e. The van der Waals surface area contributed by atoms with E-state index in [9.17, 15) is 31.1 Å². The molecule has 1 fully saturated rings. The van der Waals surface area contributed by atoms with Crippen LogP contribution in [0.25, 0.3) is 21.6 Å². The molecule has 13 heteroatoms. The molecule has 37 heavy (non-hydrogen) atoms. The second-order valence-corrected chi connectivity index (χ2v) is 9.62. The number of benzene rings is 1. The Morgan fingerprint density at radius 1 is 1.03 bits per heavy atom. The van der Waals surface area contributed by atoms with Crippen molar-refractivity contribution >= 4 is 28.3 Å². The maximum absolute atomic E-state index is 13.2. The zero-order valence-electron chi connectivity index (χ0n) is 19.1. The SMILES string of the molecule is O=C(Cn1cnc2ccncc21)N1CCC(c2csc(-c3cc(C(F)(F)F)cc(C(F)(F)F)c3)n2)CC1. The molecule has 1 aliphatic heterocycles. The fourth-order valence-corrected chi connectivity index (χ4v) is 5.27. The summed E-state index contributed by atoms with van der Waals surface area (Å²) < 4.78 is 81.1. The summed E-state index contributed by atoms with van der Waals surface area (Å²) in [5.74, 6) is -0.135. The molecule has 4 aromatic rings. The van der Waals surface area contributed by atoms with E-state index in [4.69, 9.17) is 0 Å². The van der Waals surface area contributed by atoms with Crippen LogP contribution < -0.4 is 0 Å². The molecule has 1 aliphatic rings. The average molecular weight is 540 g/mol. The van der Waals surface area contributed by atoms with Crippen molar-refractivity contribution in [1.29, 1.82) is 0 Å². The number of carbonyl (C=O) groups is 1. The number of nitrogens with zero attached hydrogens (tertiary/aromatic N) is 5. The normalized spacial score (nSPS) is 15.5. The van der Waals surface area contributed by atoms with Gasteiger partial charge in [-0.25, -0.2) is 9.97 Å². The van der Waals surface area contributed by atoms with E-state index in [1.807, 2.05) is 0 Å². The van der Waals surface area contributed by atoms with E-state index in [-0.39, 0.29) is 35.0 Å². The highest BCUT2D eigenvalue weighted by molar-refractivity contribution is 7.13. The molecule has 3 aromatic heterocycles. The Kier molecular flexibility index (Phi) is 6.42. The average Bonchev–Trinajstić information content (AvgIpc) is 3.51. The molecule has 0 unspecified atom stereocenters. The molecule has 194 valence electrons. The quantitative estimate of drug-likeness (QED) is 0.299. The Bertz CT molecular complexity index is 1400. The molecule has 0 radical (unpaired) electrons. The maximum Gasteiger partial charge on any atom is 0.416 e. The molecule has 0 spiro atoms. The minimum absolute atomic E-state index is 0.0554. The van der Waals surface area contributed by atoms with Crippen LogP contribution in [0.4, 0.5) is 26.3 Å². The molecular weight excluding hydrogens is 520 g/mol. The van der Waals surface area contributed by atoms with E-state index < -0.39 is 23.5 Å². The van der Waals surface area contributed by atoms with E-state index in [0.717, 1.165) is 22.4 Å². The summed E-state index contributed by atoms with van der Waals surface area (Å²) in [4.78, 5) is 27.3. The van der Waals surface area contributed by atoms with Gasteiger partial charge in [0.1, 0.15) is 11.6 Å². The Morgan fingerprint density at radius 2 is 1.70 bits per heavy atom. The van der Waals surface area contributed by atoms with Gasteiger partial charge in [-0.15, -0.1) is 11.3 Å². The summed E-state index contributed by atoms with van der Waals surface area (Å²) in [6.07, 6.45) is -3.83. The molecule has 1 amide bonds. The number of amides is 1. The third kappa shape index (κ3) is 5.31. The first kappa shape index (κ1) is 25.2. The van der Waals surface area contributed by atoms with Crippen molar-refractivity contribution < 1.29 is 31.1 Å². The van der Waals surface area contributed by atoms with Gasteiger partial charge >= 0.3 is 12.4 Å². The Morgan fingerprint density at radius 3 is 2.35 bits per heavy atom. The second-order valence-electron chi connectivity index (χ2n) is 8.76. The van der Waals surface area contributed by atoms with Crippen molar-refractivity contribution in [1.82, 2.24) is 24.4 Å². The van der Waals surface area contributed by atoms with Crippen LogP contribution in [0.1, 0.15) is 35.6 Å². The zero-order chi connectivity index (χ0) is 26.4. The molecule has 0 atom stereocenters. The number of rotatable bonds is 4. The summed E-state index contributed by atoms with van der Waals surface area (Å²) >= 11 is 1.00. The minimum atomic E-state index is -4.92. The molecular formula is C24H19F6N5OS. The van der Waals surface area contributed by atoms with E-state index >= 15 is 0 Å². The molecule has 0 N–H and O–H groups in total. The molecule has 5 rings (SSSR count). The number of pyridine rings is 1. The predicted molar refractivity (Wildman–Crippen MR) is 124 cm³/mol. The number of hydrogen-bond donors (Lipinski definition) is 0. The Hall–Kier alpha value is -3.48. The van der Waals surface area contributed by atoms with Crippen molar-refractivity contribution in [3.63, 3.8) is 0 Å². The van der Waals surface area contributed by atoms with Crippen LogP contribution in [0.15, 0.2) is 48.4 Å². The number of fused-ring (bicyclic) bond motifs is 1. The predicted octanol–water partition coefficient (Wildman–Crippen LogP) is 6.00. The van der Waals surface area contributed by atoms with Crippen molar-refractivity contribution in [3.05, 3.63) is 65.2 Å².